The van der Waals surface area contributed by atoms with Crippen LogP contribution in [0, 0.1) is 11.8 Å². The lowest BCUT2D eigenvalue weighted by molar-refractivity contribution is -0.152. The fourth-order valence-corrected chi connectivity index (χ4v) is 8.91. The SMILES string of the molecule is CC(OC(=O)CCC/C=C\C[C@@H]1[C@@H](CC[C@@H](O)CCc2ccccc2)[C@H](O)C[C@@H]1O)n1ccc2ccc(CN3CCCC(Nc4ccc5[nH]ncc5c4)C3)cc21. The first-order valence-corrected chi connectivity index (χ1v) is 20.7. The molecule has 5 aromatic rings. The Balaban J connectivity index is 0.830. The molecule has 2 aromatic heterocycles. The summed E-state index contributed by atoms with van der Waals surface area (Å²) in [5.74, 6) is -0.288. The number of H-pyrrole nitrogens is 1. The standard InChI is InChI=1S/C46H59N5O5/c1-32(56-46(55)14-8-3-2-7-13-40-41(45(54)28-44(40)53)21-20-39(52)19-16-33-10-5-4-6-11-33)51-25-23-35-17-15-34(26-43(35)51)30-50-24-9-12-38(31-50)48-37-18-22-42-36(27-37)29-47-49-42/h2,4-7,10-11,15,17-18,22-23,25-27,29,32,38-41,44-45,48,52-54H,3,8-9,12-14,16,19-21,24,28,30-31H2,1H3,(H,47,49)/b7-2-/t32?,38?,39-,40+,41+,44-,45+/m0/s1. The maximum atomic E-state index is 12.9. The molecule has 2 fully saturated rings. The van der Waals surface area contributed by atoms with E-state index in [0.717, 1.165) is 72.8 Å². The summed E-state index contributed by atoms with van der Waals surface area (Å²) in [7, 11) is 0. The third-order valence-electron chi connectivity index (χ3n) is 12.0. The van der Waals surface area contributed by atoms with Gasteiger partial charge in [-0.2, -0.15) is 5.10 Å². The Morgan fingerprint density at radius 1 is 1.00 bits per heavy atom. The smallest absolute Gasteiger partial charge is 0.307 e. The van der Waals surface area contributed by atoms with E-state index >= 15 is 0 Å². The van der Waals surface area contributed by atoms with Gasteiger partial charge < -0.3 is 29.9 Å². The number of nitrogens with zero attached hydrogens (tertiary/aromatic N) is 3. The van der Waals surface area contributed by atoms with Crippen LogP contribution in [0.2, 0.25) is 0 Å². The van der Waals surface area contributed by atoms with Crippen molar-refractivity contribution in [1.29, 1.82) is 0 Å². The summed E-state index contributed by atoms with van der Waals surface area (Å²) in [5, 5.41) is 45.1. The Morgan fingerprint density at radius 3 is 2.73 bits per heavy atom. The number of rotatable bonds is 18. The van der Waals surface area contributed by atoms with Gasteiger partial charge in [-0.25, -0.2) is 0 Å². The van der Waals surface area contributed by atoms with Gasteiger partial charge in [0.15, 0.2) is 6.23 Å². The van der Waals surface area contributed by atoms with Gasteiger partial charge in [-0.05, 0) is 136 Å². The number of nitrogens with one attached hydrogen (secondary N) is 2. The predicted molar refractivity (Wildman–Crippen MR) is 222 cm³/mol. The first-order valence-electron chi connectivity index (χ1n) is 20.7. The molecular formula is C46H59N5O5. The summed E-state index contributed by atoms with van der Waals surface area (Å²) in [6.07, 6.45) is 14.0. The molecule has 56 heavy (non-hydrogen) atoms. The molecule has 1 saturated carbocycles. The number of allylic oxidation sites excluding steroid dienone is 2. The molecule has 2 unspecified atom stereocenters. The number of aliphatic hydroxyl groups is 3. The number of esters is 1. The number of carbonyl (C=O) groups excluding carboxylic acids is 1. The number of ether oxygens (including phenoxy) is 1. The number of likely N-dealkylation sites (tertiary alicyclic amines) is 1. The minimum atomic E-state index is -0.550. The number of aliphatic hydroxyl groups excluding tert-OH is 3. The number of aryl methyl sites for hydroxylation is 1. The molecule has 7 rings (SSSR count). The lowest BCUT2D eigenvalue weighted by atomic mass is 9.85. The van der Waals surface area contributed by atoms with E-state index in [1.165, 1.54) is 11.1 Å². The first kappa shape index (κ1) is 39.7. The second-order valence-electron chi connectivity index (χ2n) is 16.1. The topological polar surface area (TPSA) is 136 Å². The van der Waals surface area contributed by atoms with Crippen LogP contribution in [0.1, 0.15) is 88.5 Å². The van der Waals surface area contributed by atoms with Crippen LogP contribution in [0.3, 0.4) is 0 Å². The number of fused-ring (bicyclic) bond motifs is 2. The zero-order valence-corrected chi connectivity index (χ0v) is 32.7. The fraction of sp³-hybridized carbons (Fsp3) is 0.478. The van der Waals surface area contributed by atoms with E-state index in [9.17, 15) is 20.1 Å². The number of unbranched alkanes of at least 4 members (excludes halogenated alkanes) is 1. The van der Waals surface area contributed by atoms with Crippen molar-refractivity contribution in [2.24, 2.45) is 11.8 Å². The molecule has 1 aliphatic heterocycles. The lowest BCUT2D eigenvalue weighted by Crippen LogP contribution is -2.41. The zero-order chi connectivity index (χ0) is 38.9. The average molecular weight is 762 g/mol. The number of aromatic nitrogens is 3. The van der Waals surface area contributed by atoms with E-state index in [0.29, 0.717) is 51.0 Å². The first-order chi connectivity index (χ1) is 27.3. The Hall–Kier alpha value is -4.48. The molecule has 0 radical (unpaired) electrons. The van der Waals surface area contributed by atoms with E-state index in [4.69, 9.17) is 4.74 Å². The quantitative estimate of drug-likeness (QED) is 0.0346. The normalized spacial score (nSPS) is 22.9. The van der Waals surface area contributed by atoms with Crippen LogP contribution in [-0.2, 0) is 22.5 Å². The Bertz CT molecular complexity index is 2030. The highest BCUT2D eigenvalue weighted by atomic mass is 16.6. The van der Waals surface area contributed by atoms with Crippen molar-refractivity contribution < 1.29 is 24.9 Å². The monoisotopic (exact) mass is 761 g/mol. The van der Waals surface area contributed by atoms with Crippen molar-refractivity contribution in [3.63, 3.8) is 0 Å². The number of hydrogen-bond acceptors (Lipinski definition) is 8. The maximum absolute atomic E-state index is 12.9. The van der Waals surface area contributed by atoms with Crippen LogP contribution < -0.4 is 5.32 Å². The highest BCUT2D eigenvalue weighted by molar-refractivity contribution is 5.82. The van der Waals surface area contributed by atoms with E-state index in [1.54, 1.807) is 0 Å². The number of aromatic amines is 1. The van der Waals surface area contributed by atoms with Gasteiger partial charge in [-0.15, -0.1) is 0 Å². The highest BCUT2D eigenvalue weighted by Crippen LogP contribution is 2.38. The van der Waals surface area contributed by atoms with Crippen LogP contribution in [-0.4, -0.2) is 78.4 Å². The summed E-state index contributed by atoms with van der Waals surface area (Å²) >= 11 is 0. The van der Waals surface area contributed by atoms with E-state index in [2.05, 4.69) is 87.2 Å². The van der Waals surface area contributed by atoms with Crippen LogP contribution in [0.25, 0.3) is 21.8 Å². The molecule has 3 aromatic carbocycles. The minimum Gasteiger partial charge on any atom is -0.441 e. The molecule has 2 aliphatic rings. The number of piperidine rings is 1. The summed E-state index contributed by atoms with van der Waals surface area (Å²) in [6.45, 7) is 4.82. The summed E-state index contributed by atoms with van der Waals surface area (Å²) in [5.41, 5.74) is 5.68. The summed E-state index contributed by atoms with van der Waals surface area (Å²) in [4.78, 5) is 15.4. The molecule has 0 bridgehead atoms. The van der Waals surface area contributed by atoms with Gasteiger partial charge in [-0.1, -0.05) is 54.6 Å². The molecule has 10 heteroatoms. The largest absolute Gasteiger partial charge is 0.441 e. The van der Waals surface area contributed by atoms with Gasteiger partial charge in [0.05, 0.1) is 35.5 Å². The fourth-order valence-electron chi connectivity index (χ4n) is 8.91. The van der Waals surface area contributed by atoms with Crippen molar-refractivity contribution in [2.75, 3.05) is 18.4 Å². The number of carbonyl (C=O) groups is 1. The van der Waals surface area contributed by atoms with Crippen molar-refractivity contribution in [2.45, 2.75) is 115 Å². The molecule has 7 atom stereocenters. The van der Waals surface area contributed by atoms with Crippen LogP contribution >= 0.6 is 0 Å². The number of hydrogen-bond donors (Lipinski definition) is 5. The van der Waals surface area contributed by atoms with Gasteiger partial charge in [0.25, 0.3) is 0 Å². The summed E-state index contributed by atoms with van der Waals surface area (Å²) < 4.78 is 7.94. The van der Waals surface area contributed by atoms with Crippen LogP contribution in [0.5, 0.6) is 0 Å². The molecule has 5 N–H and O–H groups in total. The highest BCUT2D eigenvalue weighted by Gasteiger charge is 2.40. The van der Waals surface area contributed by atoms with Crippen molar-refractivity contribution in [3.8, 4) is 0 Å². The average Bonchev–Trinajstić information content (AvgIpc) is 3.91. The van der Waals surface area contributed by atoms with Gasteiger partial charge in [0, 0.05) is 42.8 Å². The molecule has 10 nitrogen and oxygen atoms in total. The maximum Gasteiger partial charge on any atom is 0.307 e. The number of anilines is 1. The third-order valence-corrected chi connectivity index (χ3v) is 12.0. The molecule has 1 saturated heterocycles. The van der Waals surface area contributed by atoms with Crippen LogP contribution in [0.4, 0.5) is 5.69 Å². The molecular weight excluding hydrogens is 703 g/mol. The Morgan fingerprint density at radius 2 is 1.86 bits per heavy atom. The Kier molecular flexibility index (Phi) is 13.6. The van der Waals surface area contributed by atoms with Gasteiger partial charge in [0.1, 0.15) is 0 Å². The zero-order valence-electron chi connectivity index (χ0n) is 32.7. The number of benzene rings is 3. The van der Waals surface area contributed by atoms with E-state index < -0.39 is 24.5 Å². The molecule has 1 aliphatic carbocycles. The third kappa shape index (κ3) is 10.5. The van der Waals surface area contributed by atoms with Gasteiger partial charge >= 0.3 is 5.97 Å². The second-order valence-corrected chi connectivity index (χ2v) is 16.1. The molecule has 298 valence electrons. The van der Waals surface area contributed by atoms with Gasteiger partial charge in [-0.3, -0.25) is 14.8 Å². The van der Waals surface area contributed by atoms with Crippen molar-refractivity contribution >= 4 is 33.5 Å². The lowest BCUT2D eigenvalue weighted by Gasteiger charge is -2.33. The second kappa shape index (κ2) is 19.1. The van der Waals surface area contributed by atoms with Crippen LogP contribution in [0.15, 0.2) is 97.3 Å². The molecule has 0 spiro atoms. The van der Waals surface area contributed by atoms with Crippen molar-refractivity contribution in [3.05, 3.63) is 108 Å². The Labute approximate surface area is 330 Å². The predicted octanol–water partition coefficient (Wildman–Crippen LogP) is 7.90. The summed E-state index contributed by atoms with van der Waals surface area (Å²) in [6, 6.07) is 25.6. The van der Waals surface area contributed by atoms with E-state index in [-0.39, 0.29) is 17.8 Å². The molecule has 3 heterocycles. The van der Waals surface area contributed by atoms with E-state index in [1.807, 2.05) is 42.1 Å². The van der Waals surface area contributed by atoms with Gasteiger partial charge in [0.2, 0.25) is 0 Å². The minimum absolute atomic E-state index is 0.0338. The molecule has 0 amide bonds. The van der Waals surface area contributed by atoms with Crippen molar-refractivity contribution in [1.82, 2.24) is 19.7 Å².